The zero-order valence-corrected chi connectivity index (χ0v) is 18.0. The Hall–Kier alpha value is -2.12. The molecule has 1 spiro atoms. The molecule has 2 aromatic rings. The first kappa shape index (κ1) is 20.2. The maximum absolute atomic E-state index is 12.8. The monoisotopic (exact) mass is 436 g/mol. The number of hydrogen-bond acceptors (Lipinski definition) is 5. The van der Waals surface area contributed by atoms with Crippen molar-refractivity contribution in [2.24, 2.45) is 11.3 Å². The first-order valence-corrected chi connectivity index (χ1v) is 10.2. The molecule has 2 aromatic heterocycles. The number of ether oxygens (including phenoxy) is 1. The van der Waals surface area contributed by atoms with E-state index in [4.69, 9.17) is 27.9 Å². The van der Waals surface area contributed by atoms with Gasteiger partial charge in [-0.3, -0.25) is 4.79 Å². The quantitative estimate of drug-likeness (QED) is 0.699. The number of pyridine rings is 2. The molecule has 154 valence electrons. The van der Waals surface area contributed by atoms with E-state index < -0.39 is 5.60 Å². The highest BCUT2D eigenvalue weighted by Gasteiger charge is 2.61. The highest BCUT2D eigenvalue weighted by molar-refractivity contribution is 6.36. The summed E-state index contributed by atoms with van der Waals surface area (Å²) in [4.78, 5) is 35.0. The lowest BCUT2D eigenvalue weighted by Crippen LogP contribution is -2.35. The molecule has 1 saturated heterocycles. The molecular weight excluding hydrogens is 415 g/mol. The van der Waals surface area contributed by atoms with Crippen molar-refractivity contribution >= 4 is 51.8 Å². The second-order valence-electron chi connectivity index (χ2n) is 8.79. The van der Waals surface area contributed by atoms with Gasteiger partial charge in [0, 0.05) is 36.0 Å². The Morgan fingerprint density at radius 1 is 1.31 bits per heavy atom. The van der Waals surface area contributed by atoms with Crippen LogP contribution in [0.4, 0.5) is 10.6 Å². The average Bonchev–Trinajstić information content (AvgIpc) is 3.12. The molecule has 2 amide bonds. The number of aromatic nitrogens is 2. The molecule has 2 fully saturated rings. The van der Waals surface area contributed by atoms with Crippen molar-refractivity contribution in [1.29, 1.82) is 0 Å². The molecule has 2 aliphatic rings. The van der Waals surface area contributed by atoms with Crippen LogP contribution in [0.25, 0.3) is 10.8 Å². The van der Waals surface area contributed by atoms with Crippen LogP contribution in [0.15, 0.2) is 18.3 Å². The van der Waals surface area contributed by atoms with Gasteiger partial charge in [-0.25, -0.2) is 14.8 Å². The van der Waals surface area contributed by atoms with E-state index in [1.807, 2.05) is 20.8 Å². The van der Waals surface area contributed by atoms with Gasteiger partial charge in [0.15, 0.2) is 0 Å². The molecule has 1 aliphatic carbocycles. The van der Waals surface area contributed by atoms with Crippen molar-refractivity contribution in [2.45, 2.75) is 39.2 Å². The van der Waals surface area contributed by atoms with Gasteiger partial charge in [0.25, 0.3) is 0 Å². The minimum absolute atomic E-state index is 0.0888. The normalized spacial score (nSPS) is 23.5. The van der Waals surface area contributed by atoms with Gasteiger partial charge in [-0.05, 0) is 51.1 Å². The molecule has 0 unspecified atom stereocenters. The molecule has 3 heterocycles. The number of anilines is 1. The molecule has 29 heavy (non-hydrogen) atoms. The molecule has 9 heteroatoms. The summed E-state index contributed by atoms with van der Waals surface area (Å²) in [6.07, 6.45) is 2.80. The Balaban J connectivity index is 1.41. The van der Waals surface area contributed by atoms with E-state index in [1.165, 1.54) is 0 Å². The summed E-state index contributed by atoms with van der Waals surface area (Å²) in [7, 11) is 0. The van der Waals surface area contributed by atoms with Crippen LogP contribution in [0.3, 0.4) is 0 Å². The van der Waals surface area contributed by atoms with Gasteiger partial charge in [-0.1, -0.05) is 23.2 Å². The molecule has 7 nitrogen and oxygen atoms in total. The molecule has 1 aliphatic heterocycles. The molecule has 1 saturated carbocycles. The number of fused-ring (bicyclic) bond motifs is 1. The Labute approximate surface area is 178 Å². The largest absolute Gasteiger partial charge is 0.444 e. The van der Waals surface area contributed by atoms with Gasteiger partial charge in [0.1, 0.15) is 21.7 Å². The minimum atomic E-state index is -0.532. The topological polar surface area (TPSA) is 84.4 Å². The Morgan fingerprint density at radius 3 is 2.79 bits per heavy atom. The number of amides is 2. The molecule has 0 aromatic carbocycles. The number of likely N-dealkylation sites (tertiary alicyclic amines) is 1. The number of nitrogens with one attached hydrogen (secondary N) is 1. The summed E-state index contributed by atoms with van der Waals surface area (Å²) in [5, 5.41) is 4.85. The van der Waals surface area contributed by atoms with Crippen molar-refractivity contribution in [3.8, 4) is 0 Å². The fourth-order valence-electron chi connectivity index (χ4n) is 3.91. The van der Waals surface area contributed by atoms with Gasteiger partial charge < -0.3 is 15.0 Å². The van der Waals surface area contributed by atoms with Crippen molar-refractivity contribution in [2.75, 3.05) is 18.4 Å². The van der Waals surface area contributed by atoms with Crippen LogP contribution < -0.4 is 5.32 Å². The maximum atomic E-state index is 12.8. The summed E-state index contributed by atoms with van der Waals surface area (Å²) < 4.78 is 5.44. The summed E-state index contributed by atoms with van der Waals surface area (Å²) in [6, 6.07) is 3.40. The second kappa shape index (κ2) is 6.99. The van der Waals surface area contributed by atoms with Gasteiger partial charge >= 0.3 is 6.09 Å². The zero-order valence-electron chi connectivity index (χ0n) is 16.5. The second-order valence-corrected chi connectivity index (χ2v) is 9.53. The molecule has 0 bridgehead atoms. The summed E-state index contributed by atoms with van der Waals surface area (Å²) in [5.74, 6) is 0.205. The first-order chi connectivity index (χ1) is 13.6. The molecule has 0 radical (unpaired) electrons. The summed E-state index contributed by atoms with van der Waals surface area (Å²) in [6.45, 7) is 6.68. The van der Waals surface area contributed by atoms with Crippen LogP contribution in [-0.4, -0.2) is 45.6 Å². The lowest BCUT2D eigenvalue weighted by Gasteiger charge is -2.24. The van der Waals surface area contributed by atoms with E-state index in [2.05, 4.69) is 15.3 Å². The third kappa shape index (κ3) is 4.12. The Morgan fingerprint density at radius 2 is 2.07 bits per heavy atom. The summed E-state index contributed by atoms with van der Waals surface area (Å²) in [5.41, 5.74) is -0.690. The zero-order chi connectivity index (χ0) is 21.0. The lowest BCUT2D eigenvalue weighted by molar-refractivity contribution is -0.118. The van der Waals surface area contributed by atoms with Crippen LogP contribution in [0.2, 0.25) is 10.3 Å². The van der Waals surface area contributed by atoms with Crippen molar-refractivity contribution in [3.05, 3.63) is 28.6 Å². The third-order valence-electron chi connectivity index (χ3n) is 5.43. The number of hydrogen-bond donors (Lipinski definition) is 1. The fourth-order valence-corrected chi connectivity index (χ4v) is 4.40. The lowest BCUT2D eigenvalue weighted by atomic mass is 10.0. The maximum Gasteiger partial charge on any atom is 0.410 e. The molecule has 2 atom stereocenters. The van der Waals surface area contributed by atoms with Crippen molar-refractivity contribution in [3.63, 3.8) is 0 Å². The van der Waals surface area contributed by atoms with E-state index in [9.17, 15) is 9.59 Å². The number of carbonyl (C=O) groups is 2. The average molecular weight is 437 g/mol. The Kier molecular flexibility index (Phi) is 4.86. The van der Waals surface area contributed by atoms with Crippen LogP contribution in [0, 0.1) is 11.3 Å². The van der Waals surface area contributed by atoms with Gasteiger partial charge in [0.05, 0.1) is 0 Å². The van der Waals surface area contributed by atoms with Gasteiger partial charge in [-0.2, -0.15) is 0 Å². The van der Waals surface area contributed by atoms with E-state index in [0.717, 1.165) is 18.2 Å². The number of rotatable bonds is 2. The number of halogens is 2. The van der Waals surface area contributed by atoms with E-state index in [0.29, 0.717) is 24.3 Å². The van der Waals surface area contributed by atoms with Crippen LogP contribution in [-0.2, 0) is 9.53 Å². The predicted molar refractivity (Wildman–Crippen MR) is 111 cm³/mol. The number of carbonyl (C=O) groups excluding carboxylic acids is 2. The van der Waals surface area contributed by atoms with Gasteiger partial charge in [-0.15, -0.1) is 0 Å². The SMILES string of the molecule is CC(C)(C)OC(=O)N1CC[C@]2(C[C@@H]2C(=O)Nc2cc3cc(Cl)nc(Cl)c3cn2)C1. The predicted octanol–water partition coefficient (Wildman–Crippen LogP) is 4.52. The molecule has 1 N–H and O–H groups in total. The summed E-state index contributed by atoms with van der Waals surface area (Å²) >= 11 is 12.0. The highest BCUT2D eigenvalue weighted by atomic mass is 35.5. The standard InChI is InChI=1S/C20H22Cl2N4O3/c1-19(2,3)29-18(28)26-5-4-20(10-26)8-13(20)17(27)25-15-7-11-6-14(21)24-16(22)12(11)9-23-15/h6-7,9,13H,4-5,8,10H2,1-3H3,(H,23,25,27)/t13-,20+/m1/s1. The van der Waals surface area contributed by atoms with Crippen LogP contribution in [0.5, 0.6) is 0 Å². The van der Waals surface area contributed by atoms with Crippen molar-refractivity contribution in [1.82, 2.24) is 14.9 Å². The van der Waals surface area contributed by atoms with Crippen LogP contribution in [0.1, 0.15) is 33.6 Å². The number of nitrogens with zero attached hydrogens (tertiary/aromatic N) is 3. The third-order valence-corrected chi connectivity index (χ3v) is 5.91. The van der Waals surface area contributed by atoms with E-state index >= 15 is 0 Å². The molecular formula is C20H22Cl2N4O3. The van der Waals surface area contributed by atoms with Gasteiger partial charge in [0.2, 0.25) is 5.91 Å². The fraction of sp³-hybridized carbons (Fsp3) is 0.500. The molecule has 4 rings (SSSR count). The Bertz CT molecular complexity index is 1010. The highest BCUT2D eigenvalue weighted by Crippen LogP contribution is 2.58. The van der Waals surface area contributed by atoms with E-state index in [-0.39, 0.29) is 33.6 Å². The first-order valence-electron chi connectivity index (χ1n) is 9.47. The van der Waals surface area contributed by atoms with Crippen LogP contribution >= 0.6 is 23.2 Å². The minimum Gasteiger partial charge on any atom is -0.444 e. The van der Waals surface area contributed by atoms with Crippen molar-refractivity contribution < 1.29 is 14.3 Å². The van der Waals surface area contributed by atoms with E-state index in [1.54, 1.807) is 23.2 Å². The smallest absolute Gasteiger partial charge is 0.410 e.